The van der Waals surface area contributed by atoms with Gasteiger partial charge in [-0.2, -0.15) is 5.10 Å². The molecule has 3 aromatic rings. The minimum atomic E-state index is -0.237. The molecular formula is C17H19N5O2. The van der Waals surface area contributed by atoms with Gasteiger partial charge < -0.3 is 9.84 Å². The van der Waals surface area contributed by atoms with Crippen LogP contribution in [-0.2, 0) is 13.0 Å². The molecule has 2 heterocycles. The van der Waals surface area contributed by atoms with Gasteiger partial charge in [0, 0.05) is 0 Å². The van der Waals surface area contributed by atoms with Crippen LogP contribution in [0.3, 0.4) is 0 Å². The molecule has 1 unspecified atom stereocenters. The maximum Gasteiger partial charge on any atom is 0.257 e. The van der Waals surface area contributed by atoms with Gasteiger partial charge in [-0.3, -0.25) is 9.48 Å². The van der Waals surface area contributed by atoms with Crippen LogP contribution < -0.4 is 5.32 Å². The summed E-state index contributed by atoms with van der Waals surface area (Å²) >= 11 is 0. The van der Waals surface area contributed by atoms with Crippen molar-refractivity contribution in [2.24, 2.45) is 0 Å². The van der Waals surface area contributed by atoms with Crippen molar-refractivity contribution in [2.75, 3.05) is 0 Å². The van der Waals surface area contributed by atoms with Crippen molar-refractivity contribution in [1.29, 1.82) is 0 Å². The Balaban J connectivity index is 1.86. The number of nitrogens with one attached hydrogen (secondary N) is 1. The lowest BCUT2D eigenvalue weighted by Crippen LogP contribution is -2.32. The summed E-state index contributed by atoms with van der Waals surface area (Å²) in [4.78, 5) is 16.7. The molecule has 0 aliphatic carbocycles. The second kappa shape index (κ2) is 7.08. The predicted octanol–water partition coefficient (Wildman–Crippen LogP) is 2.31. The van der Waals surface area contributed by atoms with Gasteiger partial charge in [0.05, 0.1) is 18.3 Å². The van der Waals surface area contributed by atoms with Gasteiger partial charge in [-0.1, -0.05) is 42.4 Å². The number of carbonyl (C=O) groups excluding carboxylic acids is 1. The molecule has 7 nitrogen and oxygen atoms in total. The van der Waals surface area contributed by atoms with Crippen molar-refractivity contribution in [1.82, 2.24) is 25.2 Å². The number of aromatic nitrogens is 4. The van der Waals surface area contributed by atoms with E-state index in [1.165, 1.54) is 6.33 Å². The number of benzene rings is 1. The molecule has 2 aromatic heterocycles. The summed E-state index contributed by atoms with van der Waals surface area (Å²) in [6.45, 7) is 4.18. The zero-order valence-corrected chi connectivity index (χ0v) is 13.6. The molecule has 0 radical (unpaired) electrons. The van der Waals surface area contributed by atoms with Gasteiger partial charge >= 0.3 is 0 Å². The standard InChI is InChI=1S/C17H19N5O2/c1-3-14-16(12(2)24-21-14)17(23)20-15(9-22-11-18-10-19-22)13-7-5-4-6-8-13/h4-8,10-11,15H,3,9H2,1-2H3,(H,20,23). The average molecular weight is 325 g/mol. The van der Waals surface area contributed by atoms with E-state index in [0.717, 1.165) is 5.56 Å². The summed E-state index contributed by atoms with van der Waals surface area (Å²) in [7, 11) is 0. The molecule has 0 spiro atoms. The molecule has 1 atom stereocenters. The van der Waals surface area contributed by atoms with Crippen LogP contribution in [0.5, 0.6) is 0 Å². The van der Waals surface area contributed by atoms with Crippen molar-refractivity contribution in [3.8, 4) is 0 Å². The first-order chi connectivity index (χ1) is 11.7. The number of nitrogens with zero attached hydrogens (tertiary/aromatic N) is 4. The first kappa shape index (κ1) is 15.9. The quantitative estimate of drug-likeness (QED) is 0.751. The van der Waals surface area contributed by atoms with E-state index in [-0.39, 0.29) is 11.9 Å². The van der Waals surface area contributed by atoms with E-state index in [1.54, 1.807) is 17.9 Å². The normalized spacial score (nSPS) is 12.1. The lowest BCUT2D eigenvalue weighted by Gasteiger charge is -2.19. The second-order valence-electron chi connectivity index (χ2n) is 5.47. The number of hydrogen-bond acceptors (Lipinski definition) is 5. The molecule has 0 saturated heterocycles. The summed E-state index contributed by atoms with van der Waals surface area (Å²) in [6, 6.07) is 9.54. The third-order valence-corrected chi connectivity index (χ3v) is 3.84. The minimum Gasteiger partial charge on any atom is -0.361 e. The Morgan fingerprint density at radius 2 is 2.12 bits per heavy atom. The Hall–Kier alpha value is -2.96. The summed E-state index contributed by atoms with van der Waals surface area (Å²) in [5.74, 6) is 0.330. The lowest BCUT2D eigenvalue weighted by molar-refractivity contribution is 0.0929. The highest BCUT2D eigenvalue weighted by Gasteiger charge is 2.23. The third-order valence-electron chi connectivity index (χ3n) is 3.84. The SMILES string of the molecule is CCc1noc(C)c1C(=O)NC(Cn1cncn1)c1ccccc1. The van der Waals surface area contributed by atoms with Crippen LogP contribution in [-0.4, -0.2) is 25.8 Å². The summed E-state index contributed by atoms with van der Waals surface area (Å²) in [5.41, 5.74) is 2.17. The molecule has 1 aromatic carbocycles. The molecule has 7 heteroatoms. The Bertz CT molecular complexity index is 796. The van der Waals surface area contributed by atoms with Gasteiger partial charge in [0.15, 0.2) is 0 Å². The highest BCUT2D eigenvalue weighted by molar-refractivity contribution is 5.96. The monoisotopic (exact) mass is 325 g/mol. The van der Waals surface area contributed by atoms with Crippen LogP contribution in [0, 0.1) is 6.92 Å². The van der Waals surface area contributed by atoms with Crippen molar-refractivity contribution >= 4 is 5.91 Å². The van der Waals surface area contributed by atoms with Crippen LogP contribution in [0.1, 0.15) is 40.3 Å². The van der Waals surface area contributed by atoms with E-state index >= 15 is 0 Å². The molecule has 0 saturated carbocycles. The van der Waals surface area contributed by atoms with Crippen molar-refractivity contribution in [2.45, 2.75) is 32.9 Å². The van der Waals surface area contributed by atoms with Crippen LogP contribution in [0.2, 0.25) is 0 Å². The zero-order valence-electron chi connectivity index (χ0n) is 13.6. The number of aryl methyl sites for hydroxylation is 2. The first-order valence-electron chi connectivity index (χ1n) is 7.82. The fraction of sp³-hybridized carbons (Fsp3) is 0.294. The summed E-state index contributed by atoms with van der Waals surface area (Å²) in [6.07, 6.45) is 3.74. The van der Waals surface area contributed by atoms with Gasteiger partial charge in [-0.15, -0.1) is 0 Å². The molecule has 1 N–H and O–H groups in total. The van der Waals surface area contributed by atoms with Crippen molar-refractivity contribution in [3.63, 3.8) is 0 Å². The van der Waals surface area contributed by atoms with Crippen LogP contribution in [0.4, 0.5) is 0 Å². The number of amides is 1. The third kappa shape index (κ3) is 3.34. The van der Waals surface area contributed by atoms with Gasteiger partial charge in [0.1, 0.15) is 24.0 Å². The average Bonchev–Trinajstić information content (AvgIpc) is 3.24. The highest BCUT2D eigenvalue weighted by atomic mass is 16.5. The van der Waals surface area contributed by atoms with E-state index in [9.17, 15) is 4.79 Å². The molecule has 0 bridgehead atoms. The Kier molecular flexibility index (Phi) is 4.69. The highest BCUT2D eigenvalue weighted by Crippen LogP contribution is 2.19. The predicted molar refractivity (Wildman–Crippen MR) is 87.3 cm³/mol. The Morgan fingerprint density at radius 3 is 2.79 bits per heavy atom. The molecule has 3 rings (SSSR count). The fourth-order valence-electron chi connectivity index (χ4n) is 2.61. The van der Waals surface area contributed by atoms with E-state index in [1.807, 2.05) is 37.3 Å². The smallest absolute Gasteiger partial charge is 0.257 e. The van der Waals surface area contributed by atoms with Gasteiger partial charge in [-0.25, -0.2) is 4.98 Å². The molecule has 0 fully saturated rings. The molecule has 0 aliphatic rings. The molecule has 24 heavy (non-hydrogen) atoms. The van der Waals surface area contributed by atoms with Gasteiger partial charge in [-0.05, 0) is 18.9 Å². The topological polar surface area (TPSA) is 85.8 Å². The molecule has 124 valence electrons. The maximum absolute atomic E-state index is 12.8. The molecule has 1 amide bonds. The van der Waals surface area contributed by atoms with Crippen LogP contribution in [0.25, 0.3) is 0 Å². The fourth-order valence-corrected chi connectivity index (χ4v) is 2.61. The second-order valence-corrected chi connectivity index (χ2v) is 5.47. The van der Waals surface area contributed by atoms with E-state index in [0.29, 0.717) is 30.0 Å². The zero-order chi connectivity index (χ0) is 16.9. The Morgan fingerprint density at radius 1 is 1.33 bits per heavy atom. The van der Waals surface area contributed by atoms with Crippen LogP contribution >= 0.6 is 0 Å². The number of hydrogen-bond donors (Lipinski definition) is 1. The lowest BCUT2D eigenvalue weighted by atomic mass is 10.1. The molecular weight excluding hydrogens is 306 g/mol. The summed E-state index contributed by atoms with van der Waals surface area (Å²) in [5, 5.41) is 11.1. The maximum atomic E-state index is 12.8. The van der Waals surface area contributed by atoms with E-state index in [2.05, 4.69) is 20.6 Å². The minimum absolute atomic E-state index is 0.195. The largest absolute Gasteiger partial charge is 0.361 e. The molecule has 0 aliphatic heterocycles. The van der Waals surface area contributed by atoms with Crippen molar-refractivity contribution < 1.29 is 9.32 Å². The number of rotatable bonds is 6. The first-order valence-corrected chi connectivity index (χ1v) is 7.82. The van der Waals surface area contributed by atoms with Gasteiger partial charge in [0.25, 0.3) is 5.91 Å². The summed E-state index contributed by atoms with van der Waals surface area (Å²) < 4.78 is 6.86. The Labute approximate surface area is 139 Å². The van der Waals surface area contributed by atoms with E-state index < -0.39 is 0 Å². The van der Waals surface area contributed by atoms with Crippen molar-refractivity contribution in [3.05, 3.63) is 65.6 Å². The van der Waals surface area contributed by atoms with E-state index in [4.69, 9.17) is 4.52 Å². The number of carbonyl (C=O) groups is 1. The van der Waals surface area contributed by atoms with Crippen LogP contribution in [0.15, 0.2) is 47.5 Å². The van der Waals surface area contributed by atoms with Gasteiger partial charge in [0.2, 0.25) is 0 Å².